The van der Waals surface area contributed by atoms with E-state index in [-0.39, 0.29) is 39.3 Å². The van der Waals surface area contributed by atoms with Crippen LogP contribution in [0.25, 0.3) is 0 Å². The van der Waals surface area contributed by atoms with Crippen molar-refractivity contribution >= 4 is 0 Å². The van der Waals surface area contributed by atoms with E-state index in [4.69, 9.17) is 9.47 Å². The molecule has 0 unspecified atom stereocenters. The molecule has 0 radical (unpaired) electrons. The van der Waals surface area contributed by atoms with Gasteiger partial charge in [-0.2, -0.15) is 26.3 Å². The van der Waals surface area contributed by atoms with Crippen molar-refractivity contribution in [3.63, 3.8) is 0 Å². The molecule has 0 amide bonds. The number of unbranched alkanes of at least 4 members (excludes halogenated alkanes) is 2. The Morgan fingerprint density at radius 1 is 0.500 bits per heavy atom. The SMILES string of the molecule is FC(F)(F)CCCCOCCOCCCCC(F)(F)F. The van der Waals surface area contributed by atoms with Gasteiger partial charge >= 0.3 is 12.4 Å². The molecule has 2 nitrogen and oxygen atoms in total. The predicted molar refractivity (Wildman–Crippen MR) is 61.5 cm³/mol. The molecule has 0 aromatic carbocycles. The summed E-state index contributed by atoms with van der Waals surface area (Å²) >= 11 is 0. The summed E-state index contributed by atoms with van der Waals surface area (Å²) in [6.07, 6.45) is -9.17. The van der Waals surface area contributed by atoms with Crippen LogP contribution < -0.4 is 0 Å². The fraction of sp³-hybridized carbons (Fsp3) is 1.00. The molecule has 0 aliphatic rings. The smallest absolute Gasteiger partial charge is 0.379 e. The van der Waals surface area contributed by atoms with Crippen LogP contribution in [0, 0.1) is 0 Å². The van der Waals surface area contributed by atoms with E-state index in [2.05, 4.69) is 0 Å². The maximum Gasteiger partial charge on any atom is 0.389 e. The van der Waals surface area contributed by atoms with Crippen LogP contribution in [0.2, 0.25) is 0 Å². The van der Waals surface area contributed by atoms with Gasteiger partial charge in [0.25, 0.3) is 0 Å². The molecule has 0 heterocycles. The molecule has 0 fully saturated rings. The van der Waals surface area contributed by atoms with E-state index in [0.29, 0.717) is 12.8 Å². The third kappa shape index (κ3) is 17.5. The van der Waals surface area contributed by atoms with E-state index in [9.17, 15) is 26.3 Å². The first-order valence-corrected chi connectivity index (χ1v) is 6.50. The second-order valence-electron chi connectivity index (χ2n) is 4.37. The first-order chi connectivity index (χ1) is 9.21. The molecule has 0 aromatic heterocycles. The molecule has 0 saturated carbocycles. The average molecular weight is 310 g/mol. The first kappa shape index (κ1) is 19.5. The molecule has 0 aliphatic heterocycles. The summed E-state index contributed by atoms with van der Waals surface area (Å²) < 4.78 is 80.7. The van der Waals surface area contributed by atoms with Gasteiger partial charge in [0.15, 0.2) is 0 Å². The molecule has 0 N–H and O–H groups in total. The van der Waals surface area contributed by atoms with Gasteiger partial charge in [0, 0.05) is 26.1 Å². The molecule has 0 atom stereocenters. The van der Waals surface area contributed by atoms with Crippen LogP contribution in [-0.4, -0.2) is 38.8 Å². The topological polar surface area (TPSA) is 18.5 Å². The summed E-state index contributed by atoms with van der Waals surface area (Å²) in [7, 11) is 0. The fourth-order valence-corrected chi connectivity index (χ4v) is 1.38. The van der Waals surface area contributed by atoms with E-state index in [0.717, 1.165) is 0 Å². The fourth-order valence-electron chi connectivity index (χ4n) is 1.38. The summed E-state index contributed by atoms with van der Waals surface area (Å²) in [6, 6.07) is 0. The zero-order valence-electron chi connectivity index (χ0n) is 11.2. The number of hydrogen-bond acceptors (Lipinski definition) is 2. The van der Waals surface area contributed by atoms with Crippen molar-refractivity contribution in [2.75, 3.05) is 26.4 Å². The molecule has 0 bridgehead atoms. The Hall–Kier alpha value is -0.500. The second-order valence-corrected chi connectivity index (χ2v) is 4.37. The van der Waals surface area contributed by atoms with E-state index in [1.807, 2.05) is 0 Å². The van der Waals surface area contributed by atoms with Gasteiger partial charge in [0.2, 0.25) is 0 Å². The zero-order valence-corrected chi connectivity index (χ0v) is 11.2. The Labute approximate surface area is 114 Å². The van der Waals surface area contributed by atoms with Gasteiger partial charge in [-0.25, -0.2) is 0 Å². The van der Waals surface area contributed by atoms with E-state index < -0.39 is 25.2 Å². The van der Waals surface area contributed by atoms with Crippen molar-refractivity contribution in [2.24, 2.45) is 0 Å². The minimum atomic E-state index is -4.13. The lowest BCUT2D eigenvalue weighted by Gasteiger charge is -2.08. The van der Waals surface area contributed by atoms with Crippen molar-refractivity contribution in [3.05, 3.63) is 0 Å². The second kappa shape index (κ2) is 10.3. The molecule has 122 valence electrons. The molecule has 0 saturated heterocycles. The maximum atomic E-state index is 11.8. The normalized spacial score (nSPS) is 12.9. The Balaban J connectivity index is 3.10. The van der Waals surface area contributed by atoms with E-state index in [1.54, 1.807) is 0 Å². The summed E-state index contributed by atoms with van der Waals surface area (Å²) in [6.45, 7) is 0.942. The number of hydrogen-bond donors (Lipinski definition) is 0. The van der Waals surface area contributed by atoms with Crippen LogP contribution in [-0.2, 0) is 9.47 Å². The molecule has 8 heteroatoms. The number of alkyl halides is 6. The van der Waals surface area contributed by atoms with Crippen LogP contribution in [0.1, 0.15) is 38.5 Å². The highest BCUT2D eigenvalue weighted by Crippen LogP contribution is 2.22. The highest BCUT2D eigenvalue weighted by atomic mass is 19.4. The van der Waals surface area contributed by atoms with Crippen LogP contribution in [0.5, 0.6) is 0 Å². The Kier molecular flexibility index (Phi) is 10.0. The lowest BCUT2D eigenvalue weighted by Crippen LogP contribution is -2.10. The maximum absolute atomic E-state index is 11.8. The van der Waals surface area contributed by atoms with Crippen molar-refractivity contribution in [1.29, 1.82) is 0 Å². The Morgan fingerprint density at radius 2 is 0.850 bits per heavy atom. The highest BCUT2D eigenvalue weighted by molar-refractivity contribution is 4.51. The summed E-state index contributed by atoms with van der Waals surface area (Å²) in [5.41, 5.74) is 0. The third-order valence-corrected chi connectivity index (χ3v) is 2.37. The van der Waals surface area contributed by atoms with E-state index >= 15 is 0 Å². The average Bonchev–Trinajstić information content (AvgIpc) is 2.27. The third-order valence-electron chi connectivity index (χ3n) is 2.37. The Bertz CT molecular complexity index is 203. The zero-order chi connectivity index (χ0) is 15.5. The molecule has 0 rings (SSSR count). The molecule has 20 heavy (non-hydrogen) atoms. The first-order valence-electron chi connectivity index (χ1n) is 6.50. The largest absolute Gasteiger partial charge is 0.389 e. The summed E-state index contributed by atoms with van der Waals surface area (Å²) in [4.78, 5) is 0. The highest BCUT2D eigenvalue weighted by Gasteiger charge is 2.26. The number of rotatable bonds is 11. The predicted octanol–water partition coefficient (Wildman–Crippen LogP) is 4.48. The molecule has 0 aromatic rings. The standard InChI is InChI=1S/C12H20F6O2/c13-11(14,15)5-1-3-7-19-9-10-20-8-4-2-6-12(16,17)18/h1-10H2. The summed E-state index contributed by atoms with van der Waals surface area (Å²) in [5.74, 6) is 0. The lowest BCUT2D eigenvalue weighted by atomic mass is 10.2. The van der Waals surface area contributed by atoms with Gasteiger partial charge in [-0.15, -0.1) is 0 Å². The van der Waals surface area contributed by atoms with Gasteiger partial charge in [0.1, 0.15) is 0 Å². The van der Waals surface area contributed by atoms with Crippen LogP contribution >= 0.6 is 0 Å². The van der Waals surface area contributed by atoms with Crippen LogP contribution in [0.4, 0.5) is 26.3 Å². The molecule has 0 aliphatic carbocycles. The quantitative estimate of drug-likeness (QED) is 0.414. The van der Waals surface area contributed by atoms with Gasteiger partial charge in [0.05, 0.1) is 13.2 Å². The van der Waals surface area contributed by atoms with Gasteiger partial charge in [-0.1, -0.05) is 0 Å². The van der Waals surface area contributed by atoms with Gasteiger partial charge in [-0.3, -0.25) is 0 Å². The van der Waals surface area contributed by atoms with Crippen molar-refractivity contribution < 1.29 is 35.8 Å². The number of ether oxygens (including phenoxy) is 2. The van der Waals surface area contributed by atoms with Gasteiger partial charge in [-0.05, 0) is 25.7 Å². The minimum Gasteiger partial charge on any atom is -0.379 e. The van der Waals surface area contributed by atoms with Crippen molar-refractivity contribution in [1.82, 2.24) is 0 Å². The van der Waals surface area contributed by atoms with Crippen LogP contribution in [0.15, 0.2) is 0 Å². The van der Waals surface area contributed by atoms with Crippen molar-refractivity contribution in [2.45, 2.75) is 50.9 Å². The lowest BCUT2D eigenvalue weighted by molar-refractivity contribution is -0.137. The molecule has 0 spiro atoms. The van der Waals surface area contributed by atoms with Crippen molar-refractivity contribution in [3.8, 4) is 0 Å². The number of halogens is 6. The van der Waals surface area contributed by atoms with Crippen LogP contribution in [0.3, 0.4) is 0 Å². The molecular formula is C12H20F6O2. The van der Waals surface area contributed by atoms with E-state index in [1.165, 1.54) is 0 Å². The molecular weight excluding hydrogens is 290 g/mol. The Morgan fingerprint density at radius 3 is 1.15 bits per heavy atom. The summed E-state index contributed by atoms with van der Waals surface area (Å²) in [5, 5.41) is 0. The minimum absolute atomic E-state index is 0.0296. The monoisotopic (exact) mass is 310 g/mol. The van der Waals surface area contributed by atoms with Gasteiger partial charge < -0.3 is 9.47 Å².